The van der Waals surface area contributed by atoms with E-state index in [0.717, 1.165) is 22.2 Å². The lowest BCUT2D eigenvalue weighted by atomic mass is 9.91. The third kappa shape index (κ3) is 2.59. The largest absolute Gasteiger partial charge is 0.335 e. The summed E-state index contributed by atoms with van der Waals surface area (Å²) >= 11 is 1.49. The number of pyridine rings is 2. The Morgan fingerprint density at radius 2 is 2.04 bits per heavy atom. The molecule has 5 nitrogen and oxygen atoms in total. The van der Waals surface area contributed by atoms with Gasteiger partial charge in [0.1, 0.15) is 5.69 Å². The van der Waals surface area contributed by atoms with Crippen molar-refractivity contribution in [3.05, 3.63) is 70.9 Å². The van der Waals surface area contributed by atoms with Gasteiger partial charge in [-0.2, -0.15) is 0 Å². The highest BCUT2D eigenvalue weighted by atomic mass is 32.1. The van der Waals surface area contributed by atoms with Gasteiger partial charge in [-0.05, 0) is 36.8 Å². The molecule has 4 heterocycles. The summed E-state index contributed by atoms with van der Waals surface area (Å²) in [5.41, 5.74) is 3.28. The summed E-state index contributed by atoms with van der Waals surface area (Å²) in [6, 6.07) is 10.9. The summed E-state index contributed by atoms with van der Waals surface area (Å²) < 4.78 is 21.2. The van der Waals surface area contributed by atoms with Gasteiger partial charge in [-0.15, -0.1) is 11.3 Å². The van der Waals surface area contributed by atoms with Crippen LogP contribution in [0.1, 0.15) is 18.2 Å². The number of rotatable bonds is 3. The standard InChI is InChI=1S/C20H13FN4OS/c1-20(21,14-4-5-16-12(7-14)3-2-6-22-16)18-15-8-13(17-10-27-11-24-17)9-23-19(15)26-25-18/h2-11H,1H3. The second-order valence-electron chi connectivity index (χ2n) is 6.40. The monoisotopic (exact) mass is 376 g/mol. The van der Waals surface area contributed by atoms with Crippen molar-refractivity contribution in [3.8, 4) is 11.3 Å². The number of alkyl halides is 1. The fourth-order valence-electron chi connectivity index (χ4n) is 3.17. The number of halogens is 1. The van der Waals surface area contributed by atoms with E-state index in [9.17, 15) is 0 Å². The Labute approximate surface area is 157 Å². The van der Waals surface area contributed by atoms with Gasteiger partial charge < -0.3 is 4.52 Å². The highest BCUT2D eigenvalue weighted by molar-refractivity contribution is 7.07. The van der Waals surface area contributed by atoms with Crippen LogP contribution in [0, 0.1) is 0 Å². The summed E-state index contributed by atoms with van der Waals surface area (Å²) in [6.07, 6.45) is 3.37. The Hall–Kier alpha value is -3.19. The van der Waals surface area contributed by atoms with Crippen molar-refractivity contribution < 1.29 is 8.91 Å². The number of hydrogen-bond donors (Lipinski definition) is 0. The van der Waals surface area contributed by atoms with E-state index in [1.807, 2.05) is 29.6 Å². The van der Waals surface area contributed by atoms with E-state index in [-0.39, 0.29) is 5.69 Å². The zero-order valence-electron chi connectivity index (χ0n) is 14.3. The maximum Gasteiger partial charge on any atom is 0.258 e. The first kappa shape index (κ1) is 16.0. The van der Waals surface area contributed by atoms with E-state index >= 15 is 4.39 Å². The molecule has 5 rings (SSSR count). The molecule has 0 aliphatic carbocycles. The summed E-state index contributed by atoms with van der Waals surface area (Å²) in [5, 5.41) is 7.32. The van der Waals surface area contributed by atoms with Crippen molar-refractivity contribution >= 4 is 33.3 Å². The molecule has 7 heteroatoms. The quantitative estimate of drug-likeness (QED) is 0.437. The Morgan fingerprint density at radius 3 is 2.89 bits per heavy atom. The lowest BCUT2D eigenvalue weighted by Crippen LogP contribution is -2.18. The minimum absolute atomic E-state index is 0.199. The van der Waals surface area contributed by atoms with Gasteiger partial charge in [0.2, 0.25) is 0 Å². The Kier molecular flexibility index (Phi) is 3.51. The number of fused-ring (bicyclic) bond motifs is 2. The number of thiazole rings is 1. The maximum atomic E-state index is 15.9. The van der Waals surface area contributed by atoms with E-state index in [0.29, 0.717) is 16.7 Å². The third-order valence-corrected chi connectivity index (χ3v) is 5.23. The van der Waals surface area contributed by atoms with Crippen LogP contribution in [-0.2, 0) is 5.67 Å². The highest BCUT2D eigenvalue weighted by Crippen LogP contribution is 2.38. The molecule has 0 saturated heterocycles. The van der Waals surface area contributed by atoms with Crippen LogP contribution in [0.5, 0.6) is 0 Å². The van der Waals surface area contributed by atoms with Gasteiger partial charge in [0.25, 0.3) is 5.71 Å². The summed E-state index contributed by atoms with van der Waals surface area (Å²) in [7, 11) is 0. The minimum Gasteiger partial charge on any atom is -0.335 e. The van der Waals surface area contributed by atoms with E-state index in [1.165, 1.54) is 18.3 Å². The summed E-state index contributed by atoms with van der Waals surface area (Å²) in [4.78, 5) is 12.8. The minimum atomic E-state index is -1.85. The van der Waals surface area contributed by atoms with Crippen LogP contribution in [0.15, 0.2) is 64.2 Å². The average molecular weight is 376 g/mol. The molecule has 0 aliphatic rings. The molecule has 1 aromatic carbocycles. The molecule has 4 aromatic heterocycles. The first-order chi connectivity index (χ1) is 13.1. The number of nitrogens with zero attached hydrogens (tertiary/aromatic N) is 4. The highest BCUT2D eigenvalue weighted by Gasteiger charge is 2.35. The van der Waals surface area contributed by atoms with Crippen LogP contribution in [0.2, 0.25) is 0 Å². The van der Waals surface area contributed by atoms with Crippen molar-refractivity contribution in [2.24, 2.45) is 0 Å². The van der Waals surface area contributed by atoms with E-state index < -0.39 is 5.67 Å². The molecule has 0 spiro atoms. The summed E-state index contributed by atoms with van der Waals surface area (Å²) in [5.74, 6) is 0. The summed E-state index contributed by atoms with van der Waals surface area (Å²) in [6.45, 7) is 1.48. The second kappa shape index (κ2) is 5.92. The first-order valence-corrected chi connectivity index (χ1v) is 9.26. The predicted molar refractivity (Wildman–Crippen MR) is 102 cm³/mol. The van der Waals surface area contributed by atoms with Crippen LogP contribution in [0.25, 0.3) is 33.3 Å². The zero-order chi connectivity index (χ0) is 18.4. The molecule has 1 unspecified atom stereocenters. The number of benzene rings is 1. The van der Waals surface area contributed by atoms with Crippen LogP contribution in [0.4, 0.5) is 4.39 Å². The first-order valence-electron chi connectivity index (χ1n) is 8.31. The van der Waals surface area contributed by atoms with Gasteiger partial charge in [0.15, 0.2) is 5.67 Å². The van der Waals surface area contributed by atoms with E-state index in [4.69, 9.17) is 4.52 Å². The zero-order valence-corrected chi connectivity index (χ0v) is 15.1. The lowest BCUT2D eigenvalue weighted by Gasteiger charge is -2.19. The molecule has 1 atom stereocenters. The Balaban J connectivity index is 1.67. The molecule has 0 saturated carbocycles. The molecule has 0 bridgehead atoms. The van der Waals surface area contributed by atoms with Crippen LogP contribution in [0.3, 0.4) is 0 Å². The predicted octanol–water partition coefficient (Wildman–Crippen LogP) is 5.13. The average Bonchev–Trinajstić information content (AvgIpc) is 3.37. The molecule has 0 radical (unpaired) electrons. The van der Waals surface area contributed by atoms with Crippen LogP contribution < -0.4 is 0 Å². The van der Waals surface area contributed by atoms with Gasteiger partial charge >= 0.3 is 0 Å². The molecule has 0 N–H and O–H groups in total. The molecule has 5 aromatic rings. The SMILES string of the molecule is CC(F)(c1ccc2ncccc2c1)c1noc2ncc(-c3cscn3)cc12. The van der Waals surface area contributed by atoms with Crippen molar-refractivity contribution in [3.63, 3.8) is 0 Å². The third-order valence-electron chi connectivity index (χ3n) is 4.65. The fraction of sp³-hybridized carbons (Fsp3) is 0.100. The van der Waals surface area contributed by atoms with Crippen molar-refractivity contribution in [2.75, 3.05) is 0 Å². The maximum absolute atomic E-state index is 15.9. The number of hydrogen-bond acceptors (Lipinski definition) is 6. The molecular weight excluding hydrogens is 363 g/mol. The fourth-order valence-corrected chi connectivity index (χ4v) is 3.73. The van der Waals surface area contributed by atoms with Crippen LogP contribution >= 0.6 is 11.3 Å². The second-order valence-corrected chi connectivity index (χ2v) is 7.11. The molecule has 0 fully saturated rings. The van der Waals surface area contributed by atoms with Gasteiger partial charge in [0.05, 0.1) is 22.1 Å². The van der Waals surface area contributed by atoms with Crippen molar-refractivity contribution in [2.45, 2.75) is 12.6 Å². The topological polar surface area (TPSA) is 64.7 Å². The molecule has 27 heavy (non-hydrogen) atoms. The Morgan fingerprint density at radius 1 is 1.11 bits per heavy atom. The normalized spacial score (nSPS) is 13.9. The molecule has 132 valence electrons. The van der Waals surface area contributed by atoms with Crippen molar-refractivity contribution in [1.29, 1.82) is 0 Å². The van der Waals surface area contributed by atoms with Gasteiger partial charge in [-0.25, -0.2) is 14.4 Å². The van der Waals surface area contributed by atoms with E-state index in [1.54, 1.807) is 30.0 Å². The number of aromatic nitrogens is 4. The van der Waals surface area contributed by atoms with E-state index in [2.05, 4.69) is 20.1 Å². The van der Waals surface area contributed by atoms with Crippen LogP contribution in [-0.4, -0.2) is 20.1 Å². The molecule has 0 aliphatic heterocycles. The Bertz CT molecular complexity index is 1260. The molecule has 0 amide bonds. The van der Waals surface area contributed by atoms with Gasteiger partial charge in [0, 0.05) is 28.7 Å². The van der Waals surface area contributed by atoms with Crippen molar-refractivity contribution in [1.82, 2.24) is 20.1 Å². The lowest BCUT2D eigenvalue weighted by molar-refractivity contribution is 0.235. The van der Waals surface area contributed by atoms with Gasteiger partial charge in [-0.1, -0.05) is 17.3 Å². The molecular formula is C20H13FN4OS. The van der Waals surface area contributed by atoms with Gasteiger partial charge in [-0.3, -0.25) is 4.98 Å². The smallest absolute Gasteiger partial charge is 0.258 e.